The van der Waals surface area contributed by atoms with E-state index in [1.165, 1.54) is 63.4 Å². The quantitative estimate of drug-likeness (QED) is 0.440. The van der Waals surface area contributed by atoms with Gasteiger partial charge < -0.3 is 10.1 Å². The summed E-state index contributed by atoms with van der Waals surface area (Å²) in [7, 11) is 0. The number of fused-ring (bicyclic) bond motifs is 5. The predicted molar refractivity (Wildman–Crippen MR) is 143 cm³/mol. The zero-order valence-electron chi connectivity index (χ0n) is 22.7. The lowest BCUT2D eigenvalue weighted by Crippen LogP contribution is -2.54. The number of benzene rings is 1. The van der Waals surface area contributed by atoms with Crippen molar-refractivity contribution in [3.05, 3.63) is 35.9 Å². The van der Waals surface area contributed by atoms with E-state index in [0.29, 0.717) is 22.9 Å². The molecule has 0 radical (unpaired) electrons. The molecule has 0 aliphatic heterocycles. The first-order valence-corrected chi connectivity index (χ1v) is 14.8. The molecule has 1 aromatic rings. The van der Waals surface area contributed by atoms with Crippen LogP contribution in [0.4, 0.5) is 0 Å². The fourth-order valence-corrected chi connectivity index (χ4v) is 9.99. The van der Waals surface area contributed by atoms with E-state index in [9.17, 15) is 0 Å². The van der Waals surface area contributed by atoms with Gasteiger partial charge in [0.15, 0.2) is 0 Å². The minimum absolute atomic E-state index is 0.427. The van der Waals surface area contributed by atoms with Crippen molar-refractivity contribution in [3.8, 4) is 0 Å². The first kappa shape index (κ1) is 24.8. The van der Waals surface area contributed by atoms with E-state index >= 15 is 0 Å². The van der Waals surface area contributed by atoms with Crippen molar-refractivity contribution in [3.63, 3.8) is 0 Å². The van der Waals surface area contributed by atoms with E-state index in [1.54, 1.807) is 0 Å². The first-order valence-electron chi connectivity index (χ1n) is 14.8. The van der Waals surface area contributed by atoms with Gasteiger partial charge in [0.2, 0.25) is 0 Å². The molecule has 10 atom stereocenters. The molecule has 0 bridgehead atoms. The Hall–Kier alpha value is -0.860. The minimum Gasteiger partial charge on any atom is -0.381 e. The summed E-state index contributed by atoms with van der Waals surface area (Å²) in [6.07, 6.45) is 13.1. The smallest absolute Gasteiger partial charge is 0.0494 e. The first-order chi connectivity index (χ1) is 16.4. The fourth-order valence-electron chi connectivity index (χ4n) is 9.99. The van der Waals surface area contributed by atoms with Crippen LogP contribution in [0.25, 0.3) is 0 Å². The molecule has 4 aliphatic rings. The molecule has 190 valence electrons. The highest BCUT2D eigenvalue weighted by Crippen LogP contribution is 2.68. The molecule has 0 amide bonds. The van der Waals surface area contributed by atoms with Crippen LogP contribution < -0.4 is 5.32 Å². The third kappa shape index (κ3) is 4.30. The molecule has 4 saturated carbocycles. The monoisotopic (exact) mass is 465 g/mol. The second-order valence-corrected chi connectivity index (χ2v) is 13.3. The van der Waals surface area contributed by atoms with E-state index in [-0.39, 0.29) is 0 Å². The lowest BCUT2D eigenvalue weighted by atomic mass is 9.44. The molecule has 1 aromatic carbocycles. The van der Waals surface area contributed by atoms with Gasteiger partial charge in [-0.3, -0.25) is 0 Å². The van der Waals surface area contributed by atoms with Crippen molar-refractivity contribution in [1.29, 1.82) is 0 Å². The maximum Gasteiger partial charge on any atom is 0.0494 e. The number of rotatable bonds is 7. The summed E-state index contributed by atoms with van der Waals surface area (Å²) in [5.74, 6) is 5.48. The zero-order chi connectivity index (χ0) is 23.9. The Bertz CT molecular complexity index is 808. The van der Waals surface area contributed by atoms with Crippen LogP contribution in [0.5, 0.6) is 0 Å². The number of ether oxygens (including phenoxy) is 1. The van der Waals surface area contributed by atoms with Crippen LogP contribution in [0.1, 0.15) is 104 Å². The zero-order valence-corrected chi connectivity index (χ0v) is 22.7. The van der Waals surface area contributed by atoms with E-state index in [1.807, 2.05) is 0 Å². The van der Waals surface area contributed by atoms with Gasteiger partial charge in [0, 0.05) is 25.3 Å². The highest BCUT2D eigenvalue weighted by atomic mass is 16.5. The van der Waals surface area contributed by atoms with Crippen molar-refractivity contribution >= 4 is 0 Å². The van der Waals surface area contributed by atoms with Crippen LogP contribution in [0, 0.1) is 46.3 Å². The molecular formula is C32H51NO. The molecule has 0 heterocycles. The molecule has 2 heteroatoms. The average molecular weight is 466 g/mol. The van der Waals surface area contributed by atoms with Crippen molar-refractivity contribution in [2.45, 2.75) is 104 Å². The van der Waals surface area contributed by atoms with Gasteiger partial charge in [-0.05, 0) is 130 Å². The average Bonchev–Trinajstić information content (AvgIpc) is 3.20. The van der Waals surface area contributed by atoms with E-state index < -0.39 is 0 Å². The fraction of sp³-hybridized carbons (Fsp3) is 0.812. The van der Waals surface area contributed by atoms with Gasteiger partial charge in [-0.25, -0.2) is 0 Å². The van der Waals surface area contributed by atoms with Crippen LogP contribution >= 0.6 is 0 Å². The molecule has 0 saturated heterocycles. The Kier molecular flexibility index (Phi) is 7.22. The van der Waals surface area contributed by atoms with Crippen molar-refractivity contribution in [2.75, 3.05) is 13.2 Å². The summed E-state index contributed by atoms with van der Waals surface area (Å²) >= 11 is 0. The third-order valence-electron chi connectivity index (χ3n) is 11.8. The van der Waals surface area contributed by atoms with Gasteiger partial charge in [0.25, 0.3) is 0 Å². The number of hydrogen-bond donors (Lipinski definition) is 1. The summed E-state index contributed by atoms with van der Waals surface area (Å²) in [4.78, 5) is 0. The normalized spacial score (nSPS) is 43.4. The number of nitrogens with one attached hydrogen (secondary N) is 1. The van der Waals surface area contributed by atoms with Crippen molar-refractivity contribution in [2.24, 2.45) is 46.3 Å². The largest absolute Gasteiger partial charge is 0.381 e. The number of hydrogen-bond acceptors (Lipinski definition) is 2. The lowest BCUT2D eigenvalue weighted by molar-refractivity contribution is -0.123. The Morgan fingerprint density at radius 2 is 1.65 bits per heavy atom. The summed E-state index contributed by atoms with van der Waals surface area (Å²) in [6, 6.07) is 12.0. The molecule has 4 fully saturated rings. The molecular weight excluding hydrogens is 414 g/mol. The lowest BCUT2D eigenvalue weighted by Gasteiger charge is -2.61. The maximum atomic E-state index is 5.85. The second-order valence-electron chi connectivity index (χ2n) is 13.3. The van der Waals surface area contributed by atoms with E-state index in [0.717, 1.165) is 48.7 Å². The molecule has 2 nitrogen and oxygen atoms in total. The molecule has 3 unspecified atom stereocenters. The topological polar surface area (TPSA) is 21.3 Å². The summed E-state index contributed by atoms with van der Waals surface area (Å²) in [5.41, 5.74) is 2.54. The van der Waals surface area contributed by atoms with E-state index in [4.69, 9.17) is 4.74 Å². The van der Waals surface area contributed by atoms with Gasteiger partial charge in [0.05, 0.1) is 0 Å². The molecule has 4 aliphatic carbocycles. The van der Waals surface area contributed by atoms with Crippen LogP contribution in [0.2, 0.25) is 0 Å². The molecule has 1 N–H and O–H groups in total. The summed E-state index contributed by atoms with van der Waals surface area (Å²) in [5, 5.41) is 4.03. The highest BCUT2D eigenvalue weighted by Gasteiger charge is 2.60. The SMILES string of the molecule is CCOC[C@H]1CC[C@]2(C)C3CC[C@@]4(C)C(CCC4[C@@H](C)N[C@H](C)c4ccccc4)[C@@H]3CC[C@@H]2C1. The van der Waals surface area contributed by atoms with Gasteiger partial charge in [-0.1, -0.05) is 44.2 Å². The molecule has 5 rings (SSSR count). The van der Waals surface area contributed by atoms with Crippen LogP contribution in [-0.4, -0.2) is 19.3 Å². The second kappa shape index (κ2) is 9.89. The van der Waals surface area contributed by atoms with Gasteiger partial charge in [0.1, 0.15) is 0 Å². The molecule has 0 aromatic heterocycles. The molecule has 34 heavy (non-hydrogen) atoms. The van der Waals surface area contributed by atoms with E-state index in [2.05, 4.69) is 70.3 Å². The van der Waals surface area contributed by atoms with Crippen molar-refractivity contribution < 1.29 is 4.74 Å². The van der Waals surface area contributed by atoms with Gasteiger partial charge >= 0.3 is 0 Å². The highest BCUT2D eigenvalue weighted by molar-refractivity contribution is 5.18. The maximum absolute atomic E-state index is 5.85. The Morgan fingerprint density at radius 3 is 2.41 bits per heavy atom. The standard InChI is InChI=1S/C32H51NO/c1-6-34-21-24-16-18-31(4)26(20-24)12-13-27-29-15-14-28(32(29,5)19-17-30(27)31)23(3)33-22(2)25-10-8-7-9-11-25/h7-11,22-24,26-30,33H,6,12-21H2,1-5H3/t22-,23-,24+,26-,27+,28?,29?,30?,31+,32-/m1/s1. The van der Waals surface area contributed by atoms with Crippen LogP contribution in [-0.2, 0) is 4.74 Å². The Labute approximate surface area is 210 Å². The predicted octanol–water partition coefficient (Wildman–Crippen LogP) is 8.04. The Balaban J connectivity index is 1.26. The Morgan fingerprint density at radius 1 is 0.912 bits per heavy atom. The van der Waals surface area contributed by atoms with Gasteiger partial charge in [-0.15, -0.1) is 0 Å². The summed E-state index contributed by atoms with van der Waals surface area (Å²) < 4.78 is 5.85. The van der Waals surface area contributed by atoms with Crippen LogP contribution in [0.15, 0.2) is 30.3 Å². The third-order valence-corrected chi connectivity index (χ3v) is 11.8. The van der Waals surface area contributed by atoms with Crippen molar-refractivity contribution in [1.82, 2.24) is 5.32 Å². The molecule has 0 spiro atoms. The summed E-state index contributed by atoms with van der Waals surface area (Å²) in [6.45, 7) is 14.3. The van der Waals surface area contributed by atoms with Gasteiger partial charge in [-0.2, -0.15) is 0 Å². The van der Waals surface area contributed by atoms with Crippen LogP contribution in [0.3, 0.4) is 0 Å². The minimum atomic E-state index is 0.427.